The van der Waals surface area contributed by atoms with E-state index in [1.165, 1.54) is 30.2 Å². The standard InChI is InChI=1S/C12H16BrN3O3/c1-15-10(5-6-11(15)16(18)19)12(17)14-7-8-3-2-4-9(8)13/h5-6,8-9H,2-4,7H2,1H3,(H,14,17). The average Bonchev–Trinajstić information content (AvgIpc) is 2.92. The molecule has 1 aliphatic rings. The Morgan fingerprint density at radius 2 is 2.32 bits per heavy atom. The monoisotopic (exact) mass is 329 g/mol. The molecule has 6 nitrogen and oxygen atoms in total. The summed E-state index contributed by atoms with van der Waals surface area (Å²) in [5.41, 5.74) is 0.316. The molecule has 2 unspecified atom stereocenters. The molecule has 1 amide bonds. The van der Waals surface area contributed by atoms with Crippen molar-refractivity contribution in [2.24, 2.45) is 13.0 Å². The zero-order valence-electron chi connectivity index (χ0n) is 10.6. The molecule has 1 fully saturated rings. The smallest absolute Gasteiger partial charge is 0.323 e. The third-order valence-corrected chi connectivity index (χ3v) is 4.81. The summed E-state index contributed by atoms with van der Waals surface area (Å²) >= 11 is 3.60. The van der Waals surface area contributed by atoms with Crippen molar-refractivity contribution >= 4 is 27.7 Å². The van der Waals surface area contributed by atoms with Gasteiger partial charge in [0.1, 0.15) is 0 Å². The number of carbonyl (C=O) groups excluding carboxylic acids is 1. The fraction of sp³-hybridized carbons (Fsp3) is 0.583. The summed E-state index contributed by atoms with van der Waals surface area (Å²) in [6, 6.07) is 2.82. The molecule has 0 bridgehead atoms. The number of hydrogen-bond acceptors (Lipinski definition) is 3. The Kier molecular flexibility index (Phi) is 4.24. The maximum Gasteiger partial charge on any atom is 0.323 e. The van der Waals surface area contributed by atoms with Crippen LogP contribution < -0.4 is 5.32 Å². The van der Waals surface area contributed by atoms with Crippen LogP contribution in [-0.2, 0) is 7.05 Å². The van der Waals surface area contributed by atoms with Crippen LogP contribution in [0.25, 0.3) is 0 Å². The molecular formula is C12H16BrN3O3. The minimum Gasteiger partial charge on any atom is -0.358 e. The number of amides is 1. The fourth-order valence-corrected chi connectivity index (χ4v) is 3.22. The summed E-state index contributed by atoms with van der Waals surface area (Å²) in [6.07, 6.45) is 3.41. The number of nitro groups is 1. The van der Waals surface area contributed by atoms with Gasteiger partial charge in [-0.25, -0.2) is 4.57 Å². The molecule has 1 aromatic heterocycles. The Bertz CT molecular complexity index is 500. The molecule has 0 aromatic carbocycles. The number of aromatic nitrogens is 1. The largest absolute Gasteiger partial charge is 0.358 e. The Hall–Kier alpha value is -1.37. The topological polar surface area (TPSA) is 77.2 Å². The van der Waals surface area contributed by atoms with Gasteiger partial charge in [-0.15, -0.1) is 0 Å². The first-order valence-corrected chi connectivity index (χ1v) is 7.14. The summed E-state index contributed by atoms with van der Waals surface area (Å²) in [7, 11) is 1.52. The molecule has 19 heavy (non-hydrogen) atoms. The number of halogens is 1. The molecule has 1 heterocycles. The summed E-state index contributed by atoms with van der Waals surface area (Å²) in [4.78, 5) is 22.7. The first-order valence-electron chi connectivity index (χ1n) is 6.23. The lowest BCUT2D eigenvalue weighted by atomic mass is 10.1. The van der Waals surface area contributed by atoms with Gasteiger partial charge >= 0.3 is 5.82 Å². The Morgan fingerprint density at radius 1 is 1.58 bits per heavy atom. The van der Waals surface area contributed by atoms with Gasteiger partial charge in [-0.2, -0.15) is 0 Å². The van der Waals surface area contributed by atoms with E-state index in [0.29, 0.717) is 23.0 Å². The molecule has 0 saturated heterocycles. The Labute approximate surface area is 119 Å². The predicted octanol–water partition coefficient (Wildman–Crippen LogP) is 2.23. The van der Waals surface area contributed by atoms with Crippen molar-refractivity contribution < 1.29 is 9.72 Å². The van der Waals surface area contributed by atoms with Crippen LogP contribution in [0.5, 0.6) is 0 Å². The van der Waals surface area contributed by atoms with E-state index in [9.17, 15) is 14.9 Å². The van der Waals surface area contributed by atoms with Crippen LogP contribution in [0.1, 0.15) is 29.8 Å². The van der Waals surface area contributed by atoms with Gasteiger partial charge in [-0.3, -0.25) is 4.79 Å². The average molecular weight is 330 g/mol. The highest BCUT2D eigenvalue weighted by Gasteiger charge is 2.26. The van der Waals surface area contributed by atoms with Gasteiger partial charge in [0.05, 0.1) is 7.05 Å². The van der Waals surface area contributed by atoms with Crippen LogP contribution in [0, 0.1) is 16.0 Å². The first kappa shape index (κ1) is 14.0. The molecule has 2 rings (SSSR count). The zero-order valence-corrected chi connectivity index (χ0v) is 12.2. The number of rotatable bonds is 4. The molecular weight excluding hydrogens is 314 g/mol. The van der Waals surface area contributed by atoms with E-state index in [1.807, 2.05) is 0 Å². The maximum atomic E-state index is 12.0. The van der Waals surface area contributed by atoms with E-state index in [-0.39, 0.29) is 11.7 Å². The van der Waals surface area contributed by atoms with Gasteiger partial charge in [0.15, 0.2) is 5.69 Å². The Balaban J connectivity index is 1.98. The van der Waals surface area contributed by atoms with Gasteiger partial charge in [-0.05, 0) is 29.7 Å². The van der Waals surface area contributed by atoms with Crippen LogP contribution in [0.15, 0.2) is 12.1 Å². The first-order chi connectivity index (χ1) is 9.00. The van der Waals surface area contributed by atoms with E-state index in [2.05, 4.69) is 21.2 Å². The second-order valence-electron chi connectivity index (χ2n) is 4.81. The molecule has 7 heteroatoms. The molecule has 104 valence electrons. The van der Waals surface area contributed by atoms with Crippen molar-refractivity contribution in [1.29, 1.82) is 0 Å². The van der Waals surface area contributed by atoms with E-state index in [0.717, 1.165) is 12.8 Å². The summed E-state index contributed by atoms with van der Waals surface area (Å²) < 4.78 is 1.30. The van der Waals surface area contributed by atoms with Crippen molar-refractivity contribution in [2.45, 2.75) is 24.1 Å². The molecule has 0 radical (unpaired) electrons. The van der Waals surface area contributed by atoms with Crippen molar-refractivity contribution in [3.63, 3.8) is 0 Å². The van der Waals surface area contributed by atoms with E-state index in [4.69, 9.17) is 0 Å². The SMILES string of the molecule is Cn1c(C(=O)NCC2CCCC2Br)ccc1[N+](=O)[O-]. The van der Waals surface area contributed by atoms with Crippen molar-refractivity contribution in [2.75, 3.05) is 6.54 Å². The highest BCUT2D eigenvalue weighted by molar-refractivity contribution is 9.09. The normalized spacial score (nSPS) is 22.4. The van der Waals surface area contributed by atoms with Crippen LogP contribution >= 0.6 is 15.9 Å². The van der Waals surface area contributed by atoms with Crippen molar-refractivity contribution in [1.82, 2.24) is 9.88 Å². The van der Waals surface area contributed by atoms with E-state index in [1.54, 1.807) is 0 Å². The molecule has 1 aromatic rings. The lowest BCUT2D eigenvalue weighted by Crippen LogP contribution is -2.32. The maximum absolute atomic E-state index is 12.0. The van der Waals surface area contributed by atoms with Gasteiger partial charge in [0, 0.05) is 17.4 Å². The van der Waals surface area contributed by atoms with Gasteiger partial charge < -0.3 is 15.4 Å². The predicted molar refractivity (Wildman–Crippen MR) is 74.5 cm³/mol. The van der Waals surface area contributed by atoms with Gasteiger partial charge in [-0.1, -0.05) is 22.4 Å². The molecule has 2 atom stereocenters. The summed E-state index contributed by atoms with van der Waals surface area (Å²) in [5.74, 6) is 0.103. The molecule has 0 spiro atoms. The van der Waals surface area contributed by atoms with Crippen molar-refractivity contribution in [3.8, 4) is 0 Å². The zero-order chi connectivity index (χ0) is 14.0. The number of carbonyl (C=O) groups is 1. The minimum absolute atomic E-state index is 0.0793. The molecule has 0 aliphatic heterocycles. The van der Waals surface area contributed by atoms with Crippen LogP contribution in [0.2, 0.25) is 0 Å². The highest BCUT2D eigenvalue weighted by Crippen LogP contribution is 2.30. The quantitative estimate of drug-likeness (QED) is 0.522. The molecule has 1 aliphatic carbocycles. The molecule has 1 saturated carbocycles. The minimum atomic E-state index is -0.498. The number of alkyl halides is 1. The van der Waals surface area contributed by atoms with E-state index >= 15 is 0 Å². The van der Waals surface area contributed by atoms with Gasteiger partial charge in [0.25, 0.3) is 5.91 Å². The van der Waals surface area contributed by atoms with Crippen LogP contribution in [0.4, 0.5) is 5.82 Å². The second-order valence-corrected chi connectivity index (χ2v) is 5.99. The summed E-state index contributed by atoms with van der Waals surface area (Å²) in [5, 5.41) is 13.6. The number of nitrogens with zero attached hydrogens (tertiary/aromatic N) is 2. The van der Waals surface area contributed by atoms with Crippen LogP contribution in [-0.4, -0.2) is 26.8 Å². The number of hydrogen-bond donors (Lipinski definition) is 1. The fourth-order valence-electron chi connectivity index (χ4n) is 2.45. The third kappa shape index (κ3) is 2.97. The summed E-state index contributed by atoms with van der Waals surface area (Å²) in [6.45, 7) is 0.605. The van der Waals surface area contributed by atoms with Crippen LogP contribution in [0.3, 0.4) is 0 Å². The number of nitrogens with one attached hydrogen (secondary N) is 1. The van der Waals surface area contributed by atoms with Crippen molar-refractivity contribution in [3.05, 3.63) is 27.9 Å². The second kappa shape index (κ2) is 5.73. The third-order valence-electron chi connectivity index (χ3n) is 3.61. The highest BCUT2D eigenvalue weighted by atomic mass is 79.9. The van der Waals surface area contributed by atoms with E-state index < -0.39 is 4.92 Å². The lowest BCUT2D eigenvalue weighted by molar-refractivity contribution is -0.391. The Morgan fingerprint density at radius 3 is 2.84 bits per heavy atom. The van der Waals surface area contributed by atoms with Gasteiger partial charge in [0.2, 0.25) is 0 Å². The lowest BCUT2D eigenvalue weighted by Gasteiger charge is -2.14. The molecule has 1 N–H and O–H groups in total.